The van der Waals surface area contributed by atoms with Gasteiger partial charge in [-0.25, -0.2) is 8.42 Å². The van der Waals surface area contributed by atoms with E-state index >= 15 is 0 Å². The van der Waals surface area contributed by atoms with E-state index in [-0.39, 0.29) is 18.9 Å². The van der Waals surface area contributed by atoms with Crippen molar-refractivity contribution in [2.45, 2.75) is 20.3 Å². The number of amides is 1. The van der Waals surface area contributed by atoms with Crippen LogP contribution in [0.5, 0.6) is 0 Å². The molecule has 0 unspecified atom stereocenters. The summed E-state index contributed by atoms with van der Waals surface area (Å²) in [5.74, 6) is -0.322. The van der Waals surface area contributed by atoms with Gasteiger partial charge in [0.2, 0.25) is 15.9 Å². The molecule has 0 aliphatic heterocycles. The van der Waals surface area contributed by atoms with E-state index in [1.54, 1.807) is 36.4 Å². The molecule has 0 radical (unpaired) electrons. The number of aryl methyl sites for hydroxylation is 2. The van der Waals surface area contributed by atoms with Crippen LogP contribution in [0.4, 0.5) is 11.4 Å². The smallest absolute Gasteiger partial charge is 0.232 e. The molecule has 1 N–H and O–H groups in total. The average molecular weight is 371 g/mol. The highest BCUT2D eigenvalue weighted by molar-refractivity contribution is 7.92. The minimum Gasteiger partial charge on any atom is -0.326 e. The molecule has 0 saturated carbocycles. The number of hydrogen-bond donors (Lipinski definition) is 1. The number of benzene rings is 2. The molecule has 0 bridgehead atoms. The third-order valence-electron chi connectivity index (χ3n) is 4.00. The molecule has 0 aliphatic carbocycles. The number of carbonyl (C=O) groups excluding carboxylic acids is 1. The molecular formula is C19H21N3O3S. The Morgan fingerprint density at radius 2 is 1.88 bits per heavy atom. The minimum atomic E-state index is -3.52. The fourth-order valence-corrected chi connectivity index (χ4v) is 3.38. The lowest BCUT2D eigenvalue weighted by molar-refractivity contribution is -0.116. The van der Waals surface area contributed by atoms with Gasteiger partial charge in [0.15, 0.2) is 0 Å². The minimum absolute atomic E-state index is 0.00320. The number of nitriles is 1. The first-order valence-corrected chi connectivity index (χ1v) is 9.90. The summed E-state index contributed by atoms with van der Waals surface area (Å²) < 4.78 is 25.5. The molecule has 2 rings (SSSR count). The Kier molecular flexibility index (Phi) is 6.01. The second-order valence-electron chi connectivity index (χ2n) is 6.09. The molecule has 0 saturated heterocycles. The van der Waals surface area contributed by atoms with E-state index in [9.17, 15) is 13.2 Å². The number of sulfonamides is 1. The van der Waals surface area contributed by atoms with Gasteiger partial charge in [-0.2, -0.15) is 5.26 Å². The molecule has 2 aromatic carbocycles. The van der Waals surface area contributed by atoms with Crippen LogP contribution in [0.1, 0.15) is 23.1 Å². The second kappa shape index (κ2) is 8.02. The normalized spacial score (nSPS) is 10.8. The summed E-state index contributed by atoms with van der Waals surface area (Å²) in [6.07, 6.45) is 1.12. The van der Waals surface area contributed by atoms with Crippen molar-refractivity contribution in [3.05, 3.63) is 59.2 Å². The summed E-state index contributed by atoms with van der Waals surface area (Å²) in [7, 11) is -3.52. The van der Waals surface area contributed by atoms with Crippen LogP contribution >= 0.6 is 0 Å². The van der Waals surface area contributed by atoms with Crippen molar-refractivity contribution in [1.29, 1.82) is 5.26 Å². The molecule has 26 heavy (non-hydrogen) atoms. The van der Waals surface area contributed by atoms with Crippen LogP contribution < -0.4 is 9.62 Å². The highest BCUT2D eigenvalue weighted by Gasteiger charge is 2.19. The molecule has 0 heterocycles. The topological polar surface area (TPSA) is 90.3 Å². The zero-order chi connectivity index (χ0) is 19.3. The van der Waals surface area contributed by atoms with E-state index in [2.05, 4.69) is 5.32 Å². The first-order valence-electron chi connectivity index (χ1n) is 8.05. The average Bonchev–Trinajstić information content (AvgIpc) is 2.57. The third-order valence-corrected chi connectivity index (χ3v) is 5.19. The lowest BCUT2D eigenvalue weighted by atomic mass is 10.1. The van der Waals surface area contributed by atoms with Gasteiger partial charge in [0.25, 0.3) is 0 Å². The predicted molar refractivity (Wildman–Crippen MR) is 103 cm³/mol. The fourth-order valence-electron chi connectivity index (χ4n) is 2.46. The van der Waals surface area contributed by atoms with Crippen LogP contribution in [0.2, 0.25) is 0 Å². The van der Waals surface area contributed by atoms with Crippen molar-refractivity contribution in [3.8, 4) is 6.07 Å². The van der Waals surface area contributed by atoms with Gasteiger partial charge >= 0.3 is 0 Å². The van der Waals surface area contributed by atoms with Gasteiger partial charge in [-0.1, -0.05) is 12.1 Å². The molecule has 0 atom stereocenters. The first kappa shape index (κ1) is 19.5. The van der Waals surface area contributed by atoms with Crippen molar-refractivity contribution in [1.82, 2.24) is 0 Å². The monoisotopic (exact) mass is 371 g/mol. The molecule has 0 aliphatic rings. The van der Waals surface area contributed by atoms with Crippen molar-refractivity contribution < 1.29 is 13.2 Å². The Balaban J connectivity index is 2.11. The van der Waals surface area contributed by atoms with E-state index in [0.717, 1.165) is 17.4 Å². The van der Waals surface area contributed by atoms with Gasteiger partial charge in [-0.15, -0.1) is 0 Å². The van der Waals surface area contributed by atoms with Gasteiger partial charge in [0, 0.05) is 18.7 Å². The summed E-state index contributed by atoms with van der Waals surface area (Å²) in [4.78, 5) is 12.2. The summed E-state index contributed by atoms with van der Waals surface area (Å²) >= 11 is 0. The highest BCUT2D eigenvalue weighted by atomic mass is 32.2. The maximum absolute atomic E-state index is 12.2. The van der Waals surface area contributed by atoms with Crippen LogP contribution in [0.3, 0.4) is 0 Å². The van der Waals surface area contributed by atoms with Crippen LogP contribution in [-0.4, -0.2) is 27.1 Å². The van der Waals surface area contributed by atoms with Crippen LogP contribution in [-0.2, 0) is 14.8 Å². The van der Waals surface area contributed by atoms with Crippen molar-refractivity contribution in [2.24, 2.45) is 0 Å². The fraction of sp³-hybridized carbons (Fsp3) is 0.263. The number of carbonyl (C=O) groups is 1. The number of nitrogens with one attached hydrogen (secondary N) is 1. The number of rotatable bonds is 6. The third kappa shape index (κ3) is 5.07. The number of hydrogen-bond acceptors (Lipinski definition) is 4. The van der Waals surface area contributed by atoms with Crippen molar-refractivity contribution in [3.63, 3.8) is 0 Å². The van der Waals surface area contributed by atoms with E-state index < -0.39 is 10.0 Å². The Morgan fingerprint density at radius 3 is 2.50 bits per heavy atom. The van der Waals surface area contributed by atoms with Crippen LogP contribution in [0.25, 0.3) is 0 Å². The molecule has 2 aromatic rings. The molecular weight excluding hydrogens is 350 g/mol. The molecule has 0 fully saturated rings. The zero-order valence-electron chi connectivity index (χ0n) is 15.0. The standard InChI is InChI=1S/C19H21N3O3S/c1-14-7-8-18(11-15(14)2)22(26(3,24)25)10-9-19(23)21-17-6-4-5-16(12-17)13-20/h4-8,11-12H,9-10H2,1-3H3,(H,21,23). The highest BCUT2D eigenvalue weighted by Crippen LogP contribution is 2.21. The summed E-state index contributed by atoms with van der Waals surface area (Å²) in [6.45, 7) is 3.89. The Labute approximate surface area is 154 Å². The largest absolute Gasteiger partial charge is 0.326 e. The molecule has 7 heteroatoms. The van der Waals surface area contributed by atoms with E-state index in [1.807, 2.05) is 26.0 Å². The maximum Gasteiger partial charge on any atom is 0.232 e. The Hall–Kier alpha value is -2.85. The van der Waals surface area contributed by atoms with E-state index in [1.165, 1.54) is 4.31 Å². The molecule has 6 nitrogen and oxygen atoms in total. The molecule has 1 amide bonds. The number of anilines is 2. The van der Waals surface area contributed by atoms with Crippen molar-refractivity contribution in [2.75, 3.05) is 22.4 Å². The van der Waals surface area contributed by atoms with Crippen LogP contribution in [0, 0.1) is 25.2 Å². The Morgan fingerprint density at radius 1 is 1.15 bits per heavy atom. The van der Waals surface area contributed by atoms with Gasteiger partial charge in [-0.3, -0.25) is 9.10 Å². The lowest BCUT2D eigenvalue weighted by Crippen LogP contribution is -2.33. The summed E-state index contributed by atoms with van der Waals surface area (Å²) in [6, 6.07) is 13.9. The van der Waals surface area contributed by atoms with E-state index in [4.69, 9.17) is 5.26 Å². The summed E-state index contributed by atoms with van der Waals surface area (Å²) in [5.41, 5.74) is 3.53. The molecule has 136 valence electrons. The zero-order valence-corrected chi connectivity index (χ0v) is 15.8. The first-order chi connectivity index (χ1) is 12.2. The Bertz CT molecular complexity index is 962. The van der Waals surface area contributed by atoms with Gasteiger partial charge in [0.05, 0.1) is 23.6 Å². The molecule has 0 aromatic heterocycles. The molecule has 0 spiro atoms. The van der Waals surface area contributed by atoms with Gasteiger partial charge in [0.1, 0.15) is 0 Å². The quantitative estimate of drug-likeness (QED) is 0.845. The lowest BCUT2D eigenvalue weighted by Gasteiger charge is -2.23. The summed E-state index contributed by atoms with van der Waals surface area (Å²) in [5, 5.41) is 11.6. The number of nitrogens with zero attached hydrogens (tertiary/aromatic N) is 2. The SMILES string of the molecule is Cc1ccc(N(CCC(=O)Nc2cccc(C#N)c2)S(C)(=O)=O)cc1C. The van der Waals surface area contributed by atoms with Gasteiger partial charge < -0.3 is 5.32 Å². The maximum atomic E-state index is 12.2. The second-order valence-corrected chi connectivity index (χ2v) is 8.00. The van der Waals surface area contributed by atoms with Crippen LogP contribution in [0.15, 0.2) is 42.5 Å². The van der Waals surface area contributed by atoms with E-state index in [0.29, 0.717) is 16.9 Å². The van der Waals surface area contributed by atoms with Gasteiger partial charge in [-0.05, 0) is 55.3 Å². The predicted octanol–water partition coefficient (Wildman–Crippen LogP) is 2.97. The van der Waals surface area contributed by atoms with Crippen molar-refractivity contribution >= 4 is 27.3 Å².